The maximum Gasteiger partial charge on any atom is 0.226 e. The van der Waals surface area contributed by atoms with Crippen molar-refractivity contribution in [3.63, 3.8) is 0 Å². The normalized spacial score (nSPS) is 11.7. The predicted octanol–water partition coefficient (Wildman–Crippen LogP) is 15.7. The molecule has 0 radical (unpaired) electrons. The summed E-state index contributed by atoms with van der Waals surface area (Å²) in [5.41, 5.74) is 13.4. The van der Waals surface area contributed by atoms with Crippen LogP contribution in [-0.4, -0.2) is 19.9 Å². The summed E-state index contributed by atoms with van der Waals surface area (Å²) in [6.07, 6.45) is 0. The zero-order chi connectivity index (χ0) is 40.4. The smallest absolute Gasteiger partial charge is 0.226 e. The Hall–Kier alpha value is -7.44. The highest BCUT2D eigenvalue weighted by atomic mass is 35.5. The number of thiophene rings is 1. The number of nitrogens with one attached hydrogen (secondary N) is 1. The first-order valence-electron chi connectivity index (χ1n) is 20.3. The van der Waals surface area contributed by atoms with E-state index in [0.29, 0.717) is 11.6 Å². The summed E-state index contributed by atoms with van der Waals surface area (Å²) in [6, 6.07) is 69.0. The van der Waals surface area contributed by atoms with Crippen LogP contribution in [0.25, 0.3) is 120 Å². The van der Waals surface area contributed by atoms with Gasteiger partial charge in [0.15, 0.2) is 11.6 Å². The molecule has 0 saturated carbocycles. The predicted molar refractivity (Wildman–Crippen MR) is 257 cm³/mol. The van der Waals surface area contributed by atoms with Crippen LogP contribution in [0.1, 0.15) is 0 Å². The fourth-order valence-corrected chi connectivity index (χ4v) is 10.2. The third-order valence-electron chi connectivity index (χ3n) is 11.8. The minimum atomic E-state index is 0.163. The standard InChI is InChI=1S/C55H33ClN4S/c56-55-59-53(37-23-19-34(20-24-37)33-9-2-1-3-10-33)58-54(60-55)38-25-21-35(22-26-38)39-12-6-13-40(31-39)41-28-30-49-47(32-41)45-17-8-16-44(52(45)61-49)43-15-7-18-46-50-42-14-5-4-11-36(42)27-29-48(50)57-51(43)46/h1-32,57H. The molecule has 61 heavy (non-hydrogen) atoms. The molecule has 0 atom stereocenters. The van der Waals surface area contributed by atoms with Gasteiger partial charge >= 0.3 is 0 Å². The Labute approximate surface area is 360 Å². The van der Waals surface area contributed by atoms with E-state index in [9.17, 15) is 0 Å². The second-order valence-corrected chi connectivity index (χ2v) is 16.8. The first-order valence-corrected chi connectivity index (χ1v) is 21.5. The van der Waals surface area contributed by atoms with E-state index < -0.39 is 0 Å². The lowest BCUT2D eigenvalue weighted by Crippen LogP contribution is -1.97. The Morgan fingerprint density at radius 2 is 0.951 bits per heavy atom. The molecule has 0 fully saturated rings. The fourth-order valence-electron chi connectivity index (χ4n) is 8.85. The van der Waals surface area contributed by atoms with Crippen molar-refractivity contribution in [3.8, 4) is 67.3 Å². The van der Waals surface area contributed by atoms with Gasteiger partial charge in [0.25, 0.3) is 0 Å². The fraction of sp³-hybridized carbons (Fsp3) is 0. The average Bonchev–Trinajstić information content (AvgIpc) is 3.91. The Balaban J connectivity index is 0.855. The van der Waals surface area contributed by atoms with Crippen LogP contribution >= 0.6 is 22.9 Å². The van der Waals surface area contributed by atoms with Crippen LogP contribution in [-0.2, 0) is 0 Å². The Kier molecular flexibility index (Phi) is 8.37. The van der Waals surface area contributed by atoms with Crippen molar-refractivity contribution in [3.05, 3.63) is 199 Å². The van der Waals surface area contributed by atoms with Crippen LogP contribution in [0, 0.1) is 0 Å². The Bertz CT molecular complexity index is 3650. The lowest BCUT2D eigenvalue weighted by atomic mass is 9.96. The van der Waals surface area contributed by atoms with Crippen LogP contribution < -0.4 is 0 Å². The lowest BCUT2D eigenvalue weighted by Gasteiger charge is -2.09. The van der Waals surface area contributed by atoms with Gasteiger partial charge in [-0.25, -0.2) is 4.98 Å². The topological polar surface area (TPSA) is 54.5 Å². The highest BCUT2D eigenvalue weighted by Gasteiger charge is 2.17. The number of nitrogens with zero attached hydrogens (tertiary/aromatic N) is 3. The minimum absolute atomic E-state index is 0.163. The van der Waals surface area contributed by atoms with Gasteiger partial charge in [0, 0.05) is 58.7 Å². The summed E-state index contributed by atoms with van der Waals surface area (Å²) in [5.74, 6) is 1.08. The minimum Gasteiger partial charge on any atom is -0.354 e. The van der Waals surface area contributed by atoms with Crippen molar-refractivity contribution in [2.45, 2.75) is 0 Å². The number of aromatic nitrogens is 4. The van der Waals surface area contributed by atoms with Gasteiger partial charge < -0.3 is 4.98 Å². The van der Waals surface area contributed by atoms with E-state index in [1.54, 1.807) is 0 Å². The number of H-pyrrole nitrogens is 1. The lowest BCUT2D eigenvalue weighted by molar-refractivity contribution is 1.07. The third kappa shape index (κ3) is 6.17. The van der Waals surface area contributed by atoms with Gasteiger partial charge in [-0.05, 0) is 80.0 Å². The molecule has 9 aromatic carbocycles. The molecule has 12 aromatic rings. The van der Waals surface area contributed by atoms with E-state index >= 15 is 0 Å². The molecule has 0 unspecified atom stereocenters. The van der Waals surface area contributed by atoms with Crippen molar-refractivity contribution >= 4 is 75.7 Å². The van der Waals surface area contributed by atoms with Gasteiger partial charge in [-0.3, -0.25) is 0 Å². The Morgan fingerprint density at radius 1 is 0.393 bits per heavy atom. The molecule has 0 amide bonds. The van der Waals surface area contributed by atoms with E-state index in [1.165, 1.54) is 69.5 Å². The molecular weight excluding hydrogens is 784 g/mol. The summed E-state index contributed by atoms with van der Waals surface area (Å²) < 4.78 is 2.57. The molecule has 0 spiro atoms. The third-order valence-corrected chi connectivity index (χ3v) is 13.2. The summed E-state index contributed by atoms with van der Waals surface area (Å²) in [4.78, 5) is 17.6. The SMILES string of the molecule is Clc1nc(-c2ccc(-c3ccccc3)cc2)nc(-c2ccc(-c3cccc(-c4ccc5sc6c(-c7cccc8c7[nH]c7ccc9ccccc9c78)cccc6c5c4)c3)cc2)n1. The van der Waals surface area contributed by atoms with E-state index in [4.69, 9.17) is 16.6 Å². The summed E-state index contributed by atoms with van der Waals surface area (Å²) in [5, 5.41) is 7.77. The van der Waals surface area contributed by atoms with Crippen LogP contribution in [0.4, 0.5) is 0 Å². The number of hydrogen-bond donors (Lipinski definition) is 1. The molecule has 12 rings (SSSR count). The van der Waals surface area contributed by atoms with Crippen LogP contribution in [0.2, 0.25) is 5.28 Å². The number of benzene rings is 9. The molecule has 0 aliphatic heterocycles. The maximum absolute atomic E-state index is 6.46. The first-order chi connectivity index (χ1) is 30.1. The van der Waals surface area contributed by atoms with Gasteiger partial charge in [-0.2, -0.15) is 9.97 Å². The molecule has 0 bridgehead atoms. The van der Waals surface area contributed by atoms with Gasteiger partial charge in [-0.1, -0.05) is 170 Å². The Morgan fingerprint density at radius 3 is 1.72 bits per heavy atom. The number of para-hydroxylation sites is 1. The largest absolute Gasteiger partial charge is 0.354 e. The van der Waals surface area contributed by atoms with E-state index in [1.807, 2.05) is 41.7 Å². The first kappa shape index (κ1) is 35.5. The van der Waals surface area contributed by atoms with E-state index in [-0.39, 0.29) is 5.28 Å². The second-order valence-electron chi connectivity index (χ2n) is 15.4. The maximum atomic E-state index is 6.46. The van der Waals surface area contributed by atoms with Crippen LogP contribution in [0.5, 0.6) is 0 Å². The molecule has 3 aromatic heterocycles. The molecule has 3 heterocycles. The van der Waals surface area contributed by atoms with Gasteiger partial charge in [-0.15, -0.1) is 11.3 Å². The van der Waals surface area contributed by atoms with Crippen LogP contribution in [0.3, 0.4) is 0 Å². The summed E-state index contributed by atoms with van der Waals surface area (Å²) in [7, 11) is 0. The molecule has 0 aliphatic rings. The van der Waals surface area contributed by atoms with Gasteiger partial charge in [0.2, 0.25) is 5.28 Å². The zero-order valence-electron chi connectivity index (χ0n) is 32.6. The number of fused-ring (bicyclic) bond motifs is 8. The molecule has 0 saturated heterocycles. The average molecular weight is 817 g/mol. The van der Waals surface area contributed by atoms with Crippen molar-refractivity contribution in [2.75, 3.05) is 0 Å². The summed E-state index contributed by atoms with van der Waals surface area (Å²) in [6.45, 7) is 0. The number of halogens is 1. The summed E-state index contributed by atoms with van der Waals surface area (Å²) >= 11 is 8.33. The monoisotopic (exact) mass is 816 g/mol. The van der Waals surface area contributed by atoms with E-state index in [0.717, 1.165) is 38.9 Å². The molecule has 4 nitrogen and oxygen atoms in total. The molecular formula is C55H33ClN4S. The zero-order valence-corrected chi connectivity index (χ0v) is 34.2. The highest BCUT2D eigenvalue weighted by Crippen LogP contribution is 2.44. The van der Waals surface area contributed by atoms with E-state index in [2.05, 4.69) is 179 Å². The molecule has 1 N–H and O–H groups in total. The highest BCUT2D eigenvalue weighted by molar-refractivity contribution is 7.26. The number of hydrogen-bond acceptors (Lipinski definition) is 4. The van der Waals surface area contributed by atoms with Gasteiger partial charge in [0.05, 0.1) is 5.52 Å². The van der Waals surface area contributed by atoms with Crippen molar-refractivity contribution in [2.24, 2.45) is 0 Å². The van der Waals surface area contributed by atoms with Crippen molar-refractivity contribution < 1.29 is 0 Å². The number of rotatable bonds is 6. The van der Waals surface area contributed by atoms with Crippen molar-refractivity contribution in [1.29, 1.82) is 0 Å². The molecule has 286 valence electrons. The molecule has 0 aliphatic carbocycles. The van der Waals surface area contributed by atoms with Crippen LogP contribution in [0.15, 0.2) is 194 Å². The van der Waals surface area contributed by atoms with Crippen molar-refractivity contribution in [1.82, 2.24) is 19.9 Å². The quantitative estimate of drug-likeness (QED) is 0.182. The second kappa shape index (κ2) is 14.4. The molecule has 6 heteroatoms. The number of aromatic amines is 1. The van der Waals surface area contributed by atoms with Gasteiger partial charge in [0.1, 0.15) is 0 Å².